The summed E-state index contributed by atoms with van der Waals surface area (Å²) in [5.74, 6) is 0.645. The van der Waals surface area contributed by atoms with Gasteiger partial charge in [-0.05, 0) is 50.2 Å². The number of aliphatic imine (C=N–C) groups is 1. The number of carbonyl (C=O) groups excluding carboxylic acids is 1. The molecule has 0 bridgehead atoms. The second-order valence-corrected chi connectivity index (χ2v) is 6.63. The monoisotopic (exact) mass is 438 g/mol. The molecule has 1 radical (unpaired) electrons. The molecule has 0 spiro atoms. The molecule has 1 amide bonds. The van der Waals surface area contributed by atoms with Crippen LogP contribution in [0.1, 0.15) is 25.8 Å². The molecule has 0 unspecified atom stereocenters. The number of hydrogen-bond acceptors (Lipinski definition) is 5. The van der Waals surface area contributed by atoms with E-state index in [-0.39, 0.29) is 11.6 Å². The lowest BCUT2D eigenvalue weighted by atomic mass is 10.1. The van der Waals surface area contributed by atoms with E-state index in [4.69, 9.17) is 19.9 Å². The van der Waals surface area contributed by atoms with Crippen LogP contribution in [0, 0.1) is 6.42 Å². The number of para-hydroxylation sites is 1. The van der Waals surface area contributed by atoms with Crippen LogP contribution in [-0.2, 0) is 9.47 Å². The lowest BCUT2D eigenvalue weighted by molar-refractivity contribution is 0.193. The minimum absolute atomic E-state index is 0.0138. The molecule has 0 heterocycles. The number of halogens is 1. The number of hydrogen-bond donors (Lipinski definition) is 2. The van der Waals surface area contributed by atoms with Crippen molar-refractivity contribution in [3.05, 3.63) is 89.6 Å². The van der Waals surface area contributed by atoms with Gasteiger partial charge in [0.15, 0.2) is 5.76 Å². The van der Waals surface area contributed by atoms with Crippen molar-refractivity contribution in [3.8, 4) is 5.75 Å². The fourth-order valence-corrected chi connectivity index (χ4v) is 2.98. The minimum atomic E-state index is -0.817. The van der Waals surface area contributed by atoms with Crippen LogP contribution in [-0.4, -0.2) is 25.1 Å². The molecular formula is C24H25FN3O4. The van der Waals surface area contributed by atoms with Crippen molar-refractivity contribution in [1.29, 1.82) is 0 Å². The summed E-state index contributed by atoms with van der Waals surface area (Å²) in [5.41, 5.74) is 7.57. The summed E-state index contributed by atoms with van der Waals surface area (Å²) in [7, 11) is 0. The van der Waals surface area contributed by atoms with E-state index in [0.717, 1.165) is 0 Å². The second kappa shape index (κ2) is 11.0. The van der Waals surface area contributed by atoms with Gasteiger partial charge in [0.2, 0.25) is 0 Å². The van der Waals surface area contributed by atoms with Crippen molar-refractivity contribution in [2.75, 3.05) is 18.5 Å². The van der Waals surface area contributed by atoms with Gasteiger partial charge in [0, 0.05) is 24.1 Å². The number of nitrogens with one attached hydrogen (secondary N) is 1. The van der Waals surface area contributed by atoms with Crippen molar-refractivity contribution in [2.24, 2.45) is 10.7 Å². The first kappa shape index (κ1) is 22.9. The summed E-state index contributed by atoms with van der Waals surface area (Å²) < 4.78 is 30.6. The van der Waals surface area contributed by atoms with Gasteiger partial charge in [0.25, 0.3) is 0 Å². The molecular weight excluding hydrogens is 413 g/mol. The fraction of sp³-hybridized carbons (Fsp3) is 0.208. The Balaban J connectivity index is 1.74. The maximum Gasteiger partial charge on any atom is 0.441 e. The average molecular weight is 438 g/mol. The quantitative estimate of drug-likeness (QED) is 0.441. The van der Waals surface area contributed by atoms with Gasteiger partial charge in [-0.2, -0.15) is 4.99 Å². The lowest BCUT2D eigenvalue weighted by Crippen LogP contribution is -2.18. The van der Waals surface area contributed by atoms with Crippen LogP contribution in [0.5, 0.6) is 5.75 Å². The van der Waals surface area contributed by atoms with E-state index < -0.39 is 11.9 Å². The predicted molar refractivity (Wildman–Crippen MR) is 121 cm³/mol. The zero-order valence-electron chi connectivity index (χ0n) is 17.9. The number of nitrogens with zero attached hydrogens (tertiary/aromatic N) is 1. The first-order chi connectivity index (χ1) is 15.5. The molecule has 32 heavy (non-hydrogen) atoms. The third-order valence-corrected chi connectivity index (χ3v) is 4.41. The van der Waals surface area contributed by atoms with Crippen LogP contribution in [0.2, 0.25) is 0 Å². The van der Waals surface area contributed by atoms with E-state index >= 15 is 0 Å². The van der Waals surface area contributed by atoms with Gasteiger partial charge in [-0.15, -0.1) is 0 Å². The van der Waals surface area contributed by atoms with E-state index in [2.05, 4.69) is 10.3 Å². The van der Waals surface area contributed by atoms with Gasteiger partial charge in [-0.1, -0.05) is 18.2 Å². The number of ether oxygens (including phenoxy) is 3. The highest BCUT2D eigenvalue weighted by Crippen LogP contribution is 2.33. The molecule has 0 aliphatic heterocycles. The summed E-state index contributed by atoms with van der Waals surface area (Å²) in [5, 5.41) is 3.16. The number of amides is 1. The summed E-state index contributed by atoms with van der Waals surface area (Å²) in [6.07, 6.45) is 0.929. The first-order valence-electron chi connectivity index (χ1n) is 10.2. The van der Waals surface area contributed by atoms with Gasteiger partial charge in [0.05, 0.1) is 13.2 Å². The Hall–Kier alpha value is -3.81. The molecule has 0 saturated heterocycles. The number of rotatable bonds is 8. The molecule has 0 atom stereocenters. The van der Waals surface area contributed by atoms with E-state index in [1.54, 1.807) is 55.5 Å². The Bertz CT molecular complexity index is 1030. The molecule has 7 nitrogen and oxygen atoms in total. The highest BCUT2D eigenvalue weighted by molar-refractivity contribution is 6.03. The van der Waals surface area contributed by atoms with Gasteiger partial charge in [-0.3, -0.25) is 0 Å². The van der Waals surface area contributed by atoms with Crippen molar-refractivity contribution in [2.45, 2.75) is 20.3 Å². The number of carbonyl (C=O) groups is 1. The largest absolute Gasteiger partial charge is 0.496 e. The van der Waals surface area contributed by atoms with Crippen molar-refractivity contribution in [3.63, 3.8) is 0 Å². The Morgan fingerprint density at radius 3 is 2.41 bits per heavy atom. The Morgan fingerprint density at radius 1 is 1.06 bits per heavy atom. The molecule has 0 aromatic heterocycles. The molecule has 8 heteroatoms. The maximum atomic E-state index is 14.3. The zero-order chi connectivity index (χ0) is 22.9. The lowest BCUT2D eigenvalue weighted by Gasteiger charge is -2.24. The van der Waals surface area contributed by atoms with E-state index in [1.807, 2.05) is 13.0 Å². The zero-order valence-corrected chi connectivity index (χ0v) is 17.9. The number of allylic oxidation sites excluding steroid dienone is 2. The van der Waals surface area contributed by atoms with Crippen molar-refractivity contribution < 1.29 is 23.4 Å². The van der Waals surface area contributed by atoms with Crippen molar-refractivity contribution in [1.82, 2.24) is 0 Å². The topological polar surface area (TPSA) is 95.2 Å². The number of benzene rings is 2. The predicted octanol–water partition coefficient (Wildman–Crippen LogP) is 5.08. The fourth-order valence-electron chi connectivity index (χ4n) is 2.98. The third-order valence-electron chi connectivity index (χ3n) is 4.41. The highest BCUT2D eigenvalue weighted by atomic mass is 19.1. The normalized spacial score (nSPS) is 14.3. The third kappa shape index (κ3) is 5.87. The second-order valence-electron chi connectivity index (χ2n) is 6.63. The van der Waals surface area contributed by atoms with Crippen LogP contribution in [0.25, 0.3) is 0 Å². The summed E-state index contributed by atoms with van der Waals surface area (Å²) in [4.78, 5) is 15.7. The molecule has 2 aromatic carbocycles. The van der Waals surface area contributed by atoms with Gasteiger partial charge >= 0.3 is 6.09 Å². The average Bonchev–Trinajstić information content (AvgIpc) is 2.79. The smallest absolute Gasteiger partial charge is 0.441 e. The Labute approximate surface area is 186 Å². The molecule has 167 valence electrons. The SMILES string of the molecule is CCOC1=C(Nc2ccc(C(N)=NC(=O)Oc3ccccc3)cc2)C(OCC)=C(F)[CH]C1. The van der Waals surface area contributed by atoms with Crippen LogP contribution in [0.15, 0.2) is 82.6 Å². The van der Waals surface area contributed by atoms with Crippen LogP contribution < -0.4 is 15.8 Å². The highest BCUT2D eigenvalue weighted by Gasteiger charge is 2.25. The molecule has 3 rings (SSSR count). The van der Waals surface area contributed by atoms with E-state index in [1.165, 1.54) is 6.42 Å². The number of nitrogens with two attached hydrogens (primary N) is 1. The molecule has 2 aromatic rings. The maximum absolute atomic E-state index is 14.3. The standard InChI is InChI=1S/C24H25FN3O4/c1-3-30-20-15-14-19(25)22(31-4-2)21(20)27-17-12-10-16(11-13-17)23(26)28-24(29)32-18-8-6-5-7-9-18/h5-14,27H,3-4,15H2,1-2H3,(H2,26,28,29). The Morgan fingerprint density at radius 2 is 1.75 bits per heavy atom. The van der Waals surface area contributed by atoms with E-state index in [0.29, 0.717) is 48.1 Å². The van der Waals surface area contributed by atoms with Crippen LogP contribution in [0.4, 0.5) is 14.9 Å². The van der Waals surface area contributed by atoms with Gasteiger partial charge in [-0.25, -0.2) is 9.18 Å². The summed E-state index contributed by atoms with van der Waals surface area (Å²) in [6.45, 7) is 4.40. The molecule has 3 N–H and O–H groups in total. The molecule has 0 fully saturated rings. The van der Waals surface area contributed by atoms with Gasteiger partial charge < -0.3 is 25.3 Å². The Kier molecular flexibility index (Phi) is 7.85. The molecule has 0 saturated carbocycles. The van der Waals surface area contributed by atoms with Gasteiger partial charge in [0.1, 0.15) is 28.9 Å². The minimum Gasteiger partial charge on any atom is -0.496 e. The molecule has 1 aliphatic rings. The molecule has 1 aliphatic carbocycles. The van der Waals surface area contributed by atoms with E-state index in [9.17, 15) is 9.18 Å². The summed E-state index contributed by atoms with van der Waals surface area (Å²) in [6, 6.07) is 15.4. The number of anilines is 1. The van der Waals surface area contributed by atoms with Crippen LogP contribution >= 0.6 is 0 Å². The van der Waals surface area contributed by atoms with Crippen LogP contribution in [0.3, 0.4) is 0 Å². The number of amidine groups is 1. The first-order valence-corrected chi connectivity index (χ1v) is 10.2. The van der Waals surface area contributed by atoms with Crippen molar-refractivity contribution >= 4 is 17.6 Å². The summed E-state index contributed by atoms with van der Waals surface area (Å²) >= 11 is 0.